The van der Waals surface area contributed by atoms with Crippen molar-refractivity contribution in [2.24, 2.45) is 10.8 Å². The molecule has 0 aliphatic heterocycles. The fraction of sp³-hybridized carbons (Fsp3) is 0.714. The summed E-state index contributed by atoms with van der Waals surface area (Å²) in [6.07, 6.45) is 2.19. The van der Waals surface area contributed by atoms with Crippen molar-refractivity contribution in [2.75, 3.05) is 13.2 Å². The Morgan fingerprint density at radius 1 is 0.778 bits per heavy atom. The first-order valence-corrected chi connectivity index (χ1v) is 6.01. The fourth-order valence-corrected chi connectivity index (χ4v) is 0.808. The van der Waals surface area contributed by atoms with Gasteiger partial charge in [-0.1, -0.05) is 41.5 Å². The smallest absolute Gasteiger partial charge is 0.331 e. The second-order valence-corrected chi connectivity index (χ2v) is 6.67. The van der Waals surface area contributed by atoms with E-state index in [0.717, 1.165) is 12.2 Å². The minimum Gasteiger partial charge on any atom is -0.462 e. The van der Waals surface area contributed by atoms with Crippen molar-refractivity contribution in [1.29, 1.82) is 0 Å². The minimum absolute atomic E-state index is 0.0871. The molecule has 0 N–H and O–H groups in total. The Morgan fingerprint density at radius 2 is 1.06 bits per heavy atom. The van der Waals surface area contributed by atoms with E-state index in [1.165, 1.54) is 0 Å². The Kier molecular flexibility index (Phi) is 6.09. The van der Waals surface area contributed by atoms with E-state index in [9.17, 15) is 9.59 Å². The second-order valence-electron chi connectivity index (χ2n) is 6.67. The highest BCUT2D eigenvalue weighted by Gasteiger charge is 2.14. The predicted molar refractivity (Wildman–Crippen MR) is 70.0 cm³/mol. The van der Waals surface area contributed by atoms with Gasteiger partial charge in [0, 0.05) is 12.2 Å². The van der Waals surface area contributed by atoms with Crippen molar-refractivity contribution in [2.45, 2.75) is 41.5 Å². The molecule has 18 heavy (non-hydrogen) atoms. The van der Waals surface area contributed by atoms with Gasteiger partial charge in [-0.15, -0.1) is 0 Å². The molecule has 0 fully saturated rings. The van der Waals surface area contributed by atoms with Crippen molar-refractivity contribution >= 4 is 11.9 Å². The largest absolute Gasteiger partial charge is 0.462 e. The molecule has 0 rings (SSSR count). The molecule has 0 aliphatic carbocycles. The highest BCUT2D eigenvalue weighted by Crippen LogP contribution is 2.13. The van der Waals surface area contributed by atoms with Crippen LogP contribution in [0.3, 0.4) is 0 Å². The lowest BCUT2D eigenvalue weighted by molar-refractivity contribution is -0.143. The van der Waals surface area contributed by atoms with Gasteiger partial charge in [0.1, 0.15) is 0 Å². The van der Waals surface area contributed by atoms with Crippen LogP contribution in [0.4, 0.5) is 0 Å². The van der Waals surface area contributed by atoms with Crippen LogP contribution in [0.2, 0.25) is 0 Å². The molecule has 0 aromatic heterocycles. The summed E-state index contributed by atoms with van der Waals surface area (Å²) < 4.78 is 9.94. The van der Waals surface area contributed by atoms with Crippen LogP contribution in [-0.4, -0.2) is 25.2 Å². The molecule has 0 heterocycles. The van der Waals surface area contributed by atoms with Crippen LogP contribution in [-0.2, 0) is 19.1 Å². The lowest BCUT2D eigenvalue weighted by Crippen LogP contribution is -2.18. The summed E-state index contributed by atoms with van der Waals surface area (Å²) in [5.41, 5.74) is -0.174. The lowest BCUT2D eigenvalue weighted by atomic mass is 9.99. The van der Waals surface area contributed by atoms with Crippen molar-refractivity contribution in [3.05, 3.63) is 12.2 Å². The maximum absolute atomic E-state index is 11.3. The molecule has 0 atom stereocenters. The van der Waals surface area contributed by atoms with E-state index in [4.69, 9.17) is 9.47 Å². The highest BCUT2D eigenvalue weighted by molar-refractivity contribution is 5.91. The van der Waals surface area contributed by atoms with E-state index in [1.54, 1.807) is 0 Å². The summed E-state index contributed by atoms with van der Waals surface area (Å²) >= 11 is 0. The van der Waals surface area contributed by atoms with Gasteiger partial charge in [-0.3, -0.25) is 0 Å². The van der Waals surface area contributed by atoms with Crippen LogP contribution in [0.15, 0.2) is 12.2 Å². The normalized spacial score (nSPS) is 12.6. The Hall–Kier alpha value is -1.32. The third-order valence-corrected chi connectivity index (χ3v) is 1.65. The van der Waals surface area contributed by atoms with Crippen LogP contribution in [0.25, 0.3) is 0 Å². The molecule has 104 valence electrons. The van der Waals surface area contributed by atoms with Crippen LogP contribution < -0.4 is 0 Å². The van der Waals surface area contributed by atoms with Crippen molar-refractivity contribution in [3.8, 4) is 0 Å². The summed E-state index contributed by atoms with van der Waals surface area (Å²) in [6.45, 7) is 12.4. The third kappa shape index (κ3) is 11.2. The molecule has 0 spiro atoms. The molecule has 0 bridgehead atoms. The Labute approximate surface area is 109 Å². The van der Waals surface area contributed by atoms with E-state index in [0.29, 0.717) is 13.2 Å². The van der Waals surface area contributed by atoms with Gasteiger partial charge >= 0.3 is 11.9 Å². The standard InChI is InChI=1S/C14H24O4/c1-13(2,3)9-17-11(15)7-8-12(16)18-10-14(4,5)6/h7-8H,9-10H2,1-6H3. The average Bonchev–Trinajstić information content (AvgIpc) is 2.18. The second kappa shape index (κ2) is 6.57. The minimum atomic E-state index is -0.530. The summed E-state index contributed by atoms with van der Waals surface area (Å²) in [4.78, 5) is 22.6. The summed E-state index contributed by atoms with van der Waals surface area (Å²) in [7, 11) is 0. The van der Waals surface area contributed by atoms with Gasteiger partial charge in [-0.25, -0.2) is 9.59 Å². The van der Waals surface area contributed by atoms with E-state index in [-0.39, 0.29) is 10.8 Å². The number of ether oxygens (including phenoxy) is 2. The first-order valence-electron chi connectivity index (χ1n) is 6.01. The molecule has 0 saturated carbocycles. The molecule has 0 unspecified atom stereocenters. The van der Waals surface area contributed by atoms with E-state index < -0.39 is 11.9 Å². The zero-order chi connectivity index (χ0) is 14.4. The number of hydrogen-bond donors (Lipinski definition) is 0. The molecular formula is C14H24O4. The number of rotatable bonds is 4. The lowest BCUT2D eigenvalue weighted by Gasteiger charge is -2.17. The third-order valence-electron chi connectivity index (χ3n) is 1.65. The first kappa shape index (κ1) is 16.7. The highest BCUT2D eigenvalue weighted by atomic mass is 16.5. The van der Waals surface area contributed by atoms with E-state index in [1.807, 2.05) is 41.5 Å². The van der Waals surface area contributed by atoms with Gasteiger partial charge in [0.15, 0.2) is 0 Å². The fourth-order valence-electron chi connectivity index (χ4n) is 0.808. The van der Waals surface area contributed by atoms with Gasteiger partial charge in [0.25, 0.3) is 0 Å². The maximum Gasteiger partial charge on any atom is 0.331 e. The van der Waals surface area contributed by atoms with Gasteiger partial charge in [-0.05, 0) is 10.8 Å². The Bertz CT molecular complexity index is 284. The van der Waals surface area contributed by atoms with Crippen LogP contribution in [0.5, 0.6) is 0 Å². The quantitative estimate of drug-likeness (QED) is 0.573. The molecule has 0 aromatic rings. The zero-order valence-electron chi connectivity index (χ0n) is 12.2. The summed E-state index contributed by atoms with van der Waals surface area (Å²) in [5.74, 6) is -1.06. The monoisotopic (exact) mass is 256 g/mol. The molecule has 0 radical (unpaired) electrons. The van der Waals surface area contributed by atoms with Gasteiger partial charge in [0.2, 0.25) is 0 Å². The Morgan fingerprint density at radius 3 is 1.28 bits per heavy atom. The molecule has 4 nitrogen and oxygen atoms in total. The number of carbonyl (C=O) groups excluding carboxylic acids is 2. The molecular weight excluding hydrogens is 232 g/mol. The SMILES string of the molecule is CC(C)(C)COC(=O)C=CC(=O)OCC(C)(C)C. The number of carbonyl (C=O) groups is 2. The zero-order valence-corrected chi connectivity index (χ0v) is 12.2. The average molecular weight is 256 g/mol. The first-order chi connectivity index (χ1) is 7.99. The maximum atomic E-state index is 11.3. The van der Waals surface area contributed by atoms with Crippen LogP contribution in [0, 0.1) is 10.8 Å². The van der Waals surface area contributed by atoms with Gasteiger partial charge in [0.05, 0.1) is 13.2 Å². The Balaban J connectivity index is 4.00. The van der Waals surface area contributed by atoms with Crippen molar-refractivity contribution in [1.82, 2.24) is 0 Å². The molecule has 0 amide bonds. The van der Waals surface area contributed by atoms with E-state index in [2.05, 4.69) is 0 Å². The van der Waals surface area contributed by atoms with Crippen molar-refractivity contribution in [3.63, 3.8) is 0 Å². The van der Waals surface area contributed by atoms with Crippen molar-refractivity contribution < 1.29 is 19.1 Å². The summed E-state index contributed by atoms with van der Waals surface area (Å²) in [6, 6.07) is 0. The van der Waals surface area contributed by atoms with Crippen LogP contribution >= 0.6 is 0 Å². The van der Waals surface area contributed by atoms with Gasteiger partial charge < -0.3 is 9.47 Å². The number of hydrogen-bond acceptors (Lipinski definition) is 4. The molecule has 4 heteroatoms. The summed E-state index contributed by atoms with van der Waals surface area (Å²) in [5, 5.41) is 0. The molecule has 0 saturated heterocycles. The van der Waals surface area contributed by atoms with Crippen LogP contribution in [0.1, 0.15) is 41.5 Å². The topological polar surface area (TPSA) is 52.6 Å². The molecule has 0 aliphatic rings. The van der Waals surface area contributed by atoms with Gasteiger partial charge in [-0.2, -0.15) is 0 Å². The number of esters is 2. The van der Waals surface area contributed by atoms with E-state index >= 15 is 0 Å². The predicted octanol–water partition coefficient (Wildman–Crippen LogP) is 2.72. The molecule has 0 aromatic carbocycles.